The number of hydrogen-bond acceptors (Lipinski definition) is 5. The van der Waals surface area contributed by atoms with E-state index < -0.39 is 0 Å². The van der Waals surface area contributed by atoms with Crippen LogP contribution >= 0.6 is 11.8 Å². The van der Waals surface area contributed by atoms with E-state index in [-0.39, 0.29) is 17.2 Å². The van der Waals surface area contributed by atoms with E-state index in [2.05, 4.69) is 15.5 Å². The maximum atomic E-state index is 13.2. The fourth-order valence-corrected chi connectivity index (χ4v) is 4.00. The molecule has 0 fully saturated rings. The van der Waals surface area contributed by atoms with Gasteiger partial charge in [-0.05, 0) is 49.2 Å². The lowest BCUT2D eigenvalue weighted by molar-refractivity contribution is -0.118. The summed E-state index contributed by atoms with van der Waals surface area (Å²) in [5, 5.41) is 5.03. The second-order valence-electron chi connectivity index (χ2n) is 7.33. The fourth-order valence-electron chi connectivity index (χ4n) is 3.20. The van der Waals surface area contributed by atoms with Crippen molar-refractivity contribution in [3.05, 3.63) is 99.8 Å². The van der Waals surface area contributed by atoms with Crippen molar-refractivity contribution in [2.75, 3.05) is 5.75 Å². The van der Waals surface area contributed by atoms with E-state index >= 15 is 0 Å². The van der Waals surface area contributed by atoms with Crippen LogP contribution in [0.15, 0.2) is 87.8 Å². The molecular formula is C25H22N4O2S. The van der Waals surface area contributed by atoms with Gasteiger partial charge in [-0.2, -0.15) is 5.10 Å². The van der Waals surface area contributed by atoms with E-state index in [4.69, 9.17) is 0 Å². The van der Waals surface area contributed by atoms with Gasteiger partial charge in [0.05, 0.1) is 28.6 Å². The maximum absolute atomic E-state index is 13.2. The quantitative estimate of drug-likeness (QED) is 0.210. The summed E-state index contributed by atoms with van der Waals surface area (Å²) in [5.74, 6) is -0.209. The van der Waals surface area contributed by atoms with Gasteiger partial charge in [0.1, 0.15) is 0 Å². The van der Waals surface area contributed by atoms with Crippen LogP contribution in [0.4, 0.5) is 0 Å². The van der Waals surface area contributed by atoms with Crippen LogP contribution in [0, 0.1) is 13.8 Å². The molecule has 0 aliphatic heterocycles. The molecule has 1 heterocycles. The largest absolute Gasteiger partial charge is 0.272 e. The van der Waals surface area contributed by atoms with Gasteiger partial charge in [0.2, 0.25) is 0 Å². The summed E-state index contributed by atoms with van der Waals surface area (Å²) < 4.78 is 1.55. The van der Waals surface area contributed by atoms with Crippen LogP contribution in [0.5, 0.6) is 0 Å². The molecule has 0 saturated carbocycles. The topological polar surface area (TPSA) is 76.3 Å². The minimum atomic E-state index is -0.280. The van der Waals surface area contributed by atoms with Gasteiger partial charge >= 0.3 is 0 Å². The molecule has 4 rings (SSSR count). The number of aryl methyl sites for hydroxylation is 2. The molecule has 3 aromatic carbocycles. The van der Waals surface area contributed by atoms with Crippen molar-refractivity contribution in [2.45, 2.75) is 19.0 Å². The standard InChI is InChI=1S/C25H22N4O2S/c1-17-11-13-20(14-12-17)29-24(31)21-9-5-6-10-22(21)27-25(29)32-16-23(30)28-26-15-19-8-4-3-7-18(19)2/h3-15H,16H2,1-2H3,(H,28,30)/b26-15-. The molecule has 1 aromatic heterocycles. The van der Waals surface area contributed by atoms with Crippen molar-refractivity contribution < 1.29 is 4.79 Å². The molecule has 0 unspecified atom stereocenters. The van der Waals surface area contributed by atoms with Crippen LogP contribution in [-0.2, 0) is 4.79 Å². The van der Waals surface area contributed by atoms with Crippen LogP contribution in [-0.4, -0.2) is 27.4 Å². The molecular weight excluding hydrogens is 420 g/mol. The first kappa shape index (κ1) is 21.5. The number of nitrogens with zero attached hydrogens (tertiary/aromatic N) is 3. The number of para-hydroxylation sites is 1. The number of aromatic nitrogens is 2. The number of benzene rings is 3. The SMILES string of the molecule is Cc1ccc(-n2c(SCC(=O)N/N=C\c3ccccc3C)nc3ccccc3c2=O)cc1. The highest BCUT2D eigenvalue weighted by Crippen LogP contribution is 2.21. The molecule has 32 heavy (non-hydrogen) atoms. The third-order valence-corrected chi connectivity index (χ3v) is 5.89. The summed E-state index contributed by atoms with van der Waals surface area (Å²) in [5.41, 5.74) is 6.78. The van der Waals surface area contributed by atoms with Gasteiger partial charge in [0, 0.05) is 0 Å². The Morgan fingerprint density at radius 2 is 1.75 bits per heavy atom. The van der Waals surface area contributed by atoms with Crippen molar-refractivity contribution >= 4 is 34.8 Å². The van der Waals surface area contributed by atoms with Gasteiger partial charge in [-0.15, -0.1) is 0 Å². The molecule has 1 N–H and O–H groups in total. The Hall–Kier alpha value is -3.71. The van der Waals surface area contributed by atoms with Crippen LogP contribution in [0.1, 0.15) is 16.7 Å². The predicted molar refractivity (Wildman–Crippen MR) is 130 cm³/mol. The summed E-state index contributed by atoms with van der Waals surface area (Å²) >= 11 is 1.20. The van der Waals surface area contributed by atoms with E-state index in [0.29, 0.717) is 21.7 Å². The van der Waals surface area contributed by atoms with Gasteiger partial charge < -0.3 is 0 Å². The third kappa shape index (κ3) is 4.78. The second-order valence-corrected chi connectivity index (χ2v) is 8.27. The first-order valence-corrected chi connectivity index (χ1v) is 11.1. The molecule has 0 spiro atoms. The molecule has 7 heteroatoms. The van der Waals surface area contributed by atoms with Crippen molar-refractivity contribution in [3.8, 4) is 5.69 Å². The Morgan fingerprint density at radius 1 is 1.03 bits per heavy atom. The number of hydrazone groups is 1. The predicted octanol–water partition coefficient (Wildman–Crippen LogP) is 4.24. The highest BCUT2D eigenvalue weighted by atomic mass is 32.2. The second kappa shape index (κ2) is 9.62. The minimum absolute atomic E-state index is 0.0712. The van der Waals surface area contributed by atoms with Gasteiger partial charge in [0.25, 0.3) is 11.5 Å². The smallest absolute Gasteiger partial charge is 0.266 e. The van der Waals surface area contributed by atoms with Crippen LogP contribution < -0.4 is 11.0 Å². The van der Waals surface area contributed by atoms with Crippen LogP contribution in [0.2, 0.25) is 0 Å². The lowest BCUT2D eigenvalue weighted by Gasteiger charge is -2.13. The molecule has 0 radical (unpaired) electrons. The van der Waals surface area contributed by atoms with Crippen molar-refractivity contribution in [1.29, 1.82) is 0 Å². The zero-order valence-electron chi connectivity index (χ0n) is 17.8. The maximum Gasteiger partial charge on any atom is 0.266 e. The number of rotatable bonds is 6. The van der Waals surface area contributed by atoms with Crippen LogP contribution in [0.3, 0.4) is 0 Å². The summed E-state index contributed by atoms with van der Waals surface area (Å²) in [7, 11) is 0. The zero-order chi connectivity index (χ0) is 22.5. The van der Waals surface area contributed by atoms with Crippen molar-refractivity contribution in [3.63, 3.8) is 0 Å². The van der Waals surface area contributed by atoms with E-state index in [1.165, 1.54) is 11.8 Å². The number of fused-ring (bicyclic) bond motifs is 1. The summed E-state index contributed by atoms with van der Waals surface area (Å²) in [6.45, 7) is 3.97. The number of carbonyl (C=O) groups excluding carboxylic acids is 1. The van der Waals surface area contributed by atoms with E-state index in [1.807, 2.05) is 74.5 Å². The molecule has 0 aliphatic rings. The van der Waals surface area contributed by atoms with Gasteiger partial charge in [0.15, 0.2) is 5.16 Å². The fraction of sp³-hybridized carbons (Fsp3) is 0.120. The Bertz CT molecular complexity index is 1360. The van der Waals surface area contributed by atoms with Crippen molar-refractivity contribution in [1.82, 2.24) is 15.0 Å². The summed E-state index contributed by atoms with van der Waals surface area (Å²) in [4.78, 5) is 30.3. The van der Waals surface area contributed by atoms with Gasteiger partial charge in [-0.25, -0.2) is 10.4 Å². The Balaban J connectivity index is 1.57. The normalized spacial score (nSPS) is 11.2. The Labute approximate surface area is 190 Å². The molecule has 4 aromatic rings. The number of hydrogen-bond donors (Lipinski definition) is 1. The number of carbonyl (C=O) groups is 1. The Morgan fingerprint density at radius 3 is 2.53 bits per heavy atom. The highest BCUT2D eigenvalue weighted by Gasteiger charge is 2.14. The lowest BCUT2D eigenvalue weighted by Crippen LogP contribution is -2.24. The first-order valence-electron chi connectivity index (χ1n) is 10.1. The average molecular weight is 443 g/mol. The first-order chi connectivity index (χ1) is 15.5. The number of thioether (sulfide) groups is 1. The number of nitrogens with one attached hydrogen (secondary N) is 1. The zero-order valence-corrected chi connectivity index (χ0v) is 18.6. The van der Waals surface area contributed by atoms with E-state index in [1.54, 1.807) is 22.9 Å². The van der Waals surface area contributed by atoms with Gasteiger partial charge in [-0.3, -0.25) is 14.2 Å². The van der Waals surface area contributed by atoms with Crippen molar-refractivity contribution in [2.24, 2.45) is 5.10 Å². The highest BCUT2D eigenvalue weighted by molar-refractivity contribution is 7.99. The van der Waals surface area contributed by atoms with E-state index in [0.717, 1.165) is 16.7 Å². The molecule has 0 bridgehead atoms. The summed E-state index contributed by atoms with van der Waals surface area (Å²) in [6, 6.07) is 22.6. The molecule has 1 amide bonds. The molecule has 0 aliphatic carbocycles. The van der Waals surface area contributed by atoms with Gasteiger partial charge in [-0.1, -0.05) is 65.9 Å². The number of amides is 1. The summed E-state index contributed by atoms with van der Waals surface area (Å²) in [6.07, 6.45) is 1.62. The van der Waals surface area contributed by atoms with E-state index in [9.17, 15) is 9.59 Å². The Kier molecular flexibility index (Phi) is 6.47. The molecule has 0 atom stereocenters. The average Bonchev–Trinajstić information content (AvgIpc) is 2.80. The monoisotopic (exact) mass is 442 g/mol. The molecule has 160 valence electrons. The third-order valence-electron chi connectivity index (χ3n) is 4.95. The molecule has 6 nitrogen and oxygen atoms in total. The minimum Gasteiger partial charge on any atom is -0.272 e. The van der Waals surface area contributed by atoms with Crippen LogP contribution in [0.25, 0.3) is 16.6 Å². The molecule has 0 saturated heterocycles. The lowest BCUT2D eigenvalue weighted by atomic mass is 10.1.